The van der Waals surface area contributed by atoms with Gasteiger partial charge in [-0.25, -0.2) is 0 Å². The van der Waals surface area contributed by atoms with E-state index in [2.05, 4.69) is 54.5 Å². The van der Waals surface area contributed by atoms with Crippen molar-refractivity contribution >= 4 is 5.97 Å². The maximum Gasteiger partial charge on any atom is 0.317 e. The van der Waals surface area contributed by atoms with E-state index >= 15 is 0 Å². The first-order valence-corrected chi connectivity index (χ1v) is 16.8. The standard InChI is InChI=1S/C35H56O8/c1-30(2)14-15-35(29(41)43-28-27(40)26(39)21(36)18-42-28)20(16-30)19-8-9-23-32(5)12-11-24(37)31(3,4)22(32)10-13-33(23,6)34(19,7)17-25(35)38/h8,20-28,36-40H,9-18H2,1-7H3/t20?,21-,22?,23?,24+,25-,26-,27+,28?,32+,33-,34-,35-/m1/s1. The van der Waals surface area contributed by atoms with Gasteiger partial charge in [0.15, 0.2) is 0 Å². The van der Waals surface area contributed by atoms with Gasteiger partial charge >= 0.3 is 5.97 Å². The van der Waals surface area contributed by atoms with Crippen molar-refractivity contribution in [3.8, 4) is 0 Å². The summed E-state index contributed by atoms with van der Waals surface area (Å²) in [4.78, 5) is 14.3. The molecule has 6 rings (SSSR count). The number of aliphatic hydroxyl groups is 5. The van der Waals surface area contributed by atoms with E-state index in [1.807, 2.05) is 0 Å². The molecule has 0 spiro atoms. The molecule has 4 unspecified atom stereocenters. The van der Waals surface area contributed by atoms with Crippen LogP contribution in [0.15, 0.2) is 11.6 Å². The summed E-state index contributed by atoms with van der Waals surface area (Å²) in [5, 5.41) is 54.0. The van der Waals surface area contributed by atoms with Gasteiger partial charge in [0.1, 0.15) is 23.7 Å². The minimum Gasteiger partial charge on any atom is -0.432 e. The van der Waals surface area contributed by atoms with Crippen LogP contribution in [0.3, 0.4) is 0 Å². The summed E-state index contributed by atoms with van der Waals surface area (Å²) in [5.74, 6) is 0.0253. The Labute approximate surface area is 257 Å². The molecule has 0 aromatic carbocycles. The number of fused-ring (bicyclic) bond motifs is 7. The van der Waals surface area contributed by atoms with Gasteiger partial charge in [-0.05, 0) is 103 Å². The molecule has 1 aliphatic heterocycles. The third-order valence-corrected chi connectivity index (χ3v) is 14.7. The van der Waals surface area contributed by atoms with E-state index in [9.17, 15) is 30.3 Å². The molecule has 244 valence electrons. The van der Waals surface area contributed by atoms with Gasteiger partial charge in [-0.2, -0.15) is 0 Å². The van der Waals surface area contributed by atoms with Crippen LogP contribution in [0.5, 0.6) is 0 Å². The number of allylic oxidation sites excluding steroid dienone is 2. The zero-order valence-electron chi connectivity index (χ0n) is 27.3. The van der Waals surface area contributed by atoms with Crippen molar-refractivity contribution in [1.82, 2.24) is 0 Å². The highest BCUT2D eigenvalue weighted by Crippen LogP contribution is 2.75. The first kappa shape index (κ1) is 31.9. The Balaban J connectivity index is 1.39. The molecule has 8 nitrogen and oxygen atoms in total. The maximum absolute atomic E-state index is 14.3. The van der Waals surface area contributed by atoms with Crippen LogP contribution in [-0.4, -0.2) is 74.9 Å². The lowest BCUT2D eigenvalue weighted by Gasteiger charge is -2.71. The average molecular weight is 605 g/mol. The highest BCUT2D eigenvalue weighted by atomic mass is 16.7. The predicted octanol–water partition coefficient (Wildman–Crippen LogP) is 4.10. The highest BCUT2D eigenvalue weighted by molar-refractivity contribution is 5.80. The Morgan fingerprint density at radius 2 is 1.53 bits per heavy atom. The maximum atomic E-state index is 14.3. The molecule has 0 bridgehead atoms. The fourth-order valence-electron chi connectivity index (χ4n) is 11.8. The monoisotopic (exact) mass is 604 g/mol. The summed E-state index contributed by atoms with van der Waals surface area (Å²) >= 11 is 0. The Bertz CT molecular complexity index is 1160. The summed E-state index contributed by atoms with van der Waals surface area (Å²) < 4.78 is 11.3. The molecule has 5 aliphatic carbocycles. The van der Waals surface area contributed by atoms with Crippen LogP contribution >= 0.6 is 0 Å². The van der Waals surface area contributed by atoms with Gasteiger partial charge in [0.2, 0.25) is 6.29 Å². The Morgan fingerprint density at radius 3 is 2.23 bits per heavy atom. The topological polar surface area (TPSA) is 137 Å². The molecule has 13 atom stereocenters. The van der Waals surface area contributed by atoms with Crippen molar-refractivity contribution in [2.75, 3.05) is 6.61 Å². The fourth-order valence-corrected chi connectivity index (χ4v) is 11.8. The summed E-state index contributed by atoms with van der Waals surface area (Å²) in [7, 11) is 0. The molecule has 8 heteroatoms. The minimum absolute atomic E-state index is 0.0284. The van der Waals surface area contributed by atoms with Crippen molar-refractivity contribution in [1.29, 1.82) is 0 Å². The molecule has 6 aliphatic rings. The fraction of sp³-hybridized carbons (Fsp3) is 0.914. The number of rotatable bonds is 2. The normalized spacial score (nSPS) is 53.8. The molecular weight excluding hydrogens is 548 g/mol. The molecule has 43 heavy (non-hydrogen) atoms. The highest BCUT2D eigenvalue weighted by Gasteiger charge is 2.71. The van der Waals surface area contributed by atoms with E-state index in [4.69, 9.17) is 9.47 Å². The Hall–Kier alpha value is -1.03. The second-order valence-electron chi connectivity index (χ2n) is 17.5. The summed E-state index contributed by atoms with van der Waals surface area (Å²) in [6, 6.07) is 0. The first-order valence-electron chi connectivity index (χ1n) is 16.8. The van der Waals surface area contributed by atoms with Crippen LogP contribution in [-0.2, 0) is 14.3 Å². The minimum atomic E-state index is -1.57. The van der Waals surface area contributed by atoms with Crippen LogP contribution in [0.1, 0.15) is 106 Å². The van der Waals surface area contributed by atoms with Gasteiger partial charge in [0.25, 0.3) is 0 Å². The van der Waals surface area contributed by atoms with Crippen LogP contribution < -0.4 is 0 Å². The smallest absolute Gasteiger partial charge is 0.317 e. The zero-order valence-corrected chi connectivity index (χ0v) is 27.3. The molecule has 0 aromatic rings. The SMILES string of the molecule is CC1(C)CC[C@@]2(C(=O)OC3OC[C@@H](O)[C@@H](O)[C@@H]3O)C(C1)C1=CCC3[C@@]4(C)CC[C@H](O)C(C)(C)C4CC[C@@]3(C)[C@]1(C)C[C@H]2O. The Kier molecular flexibility index (Phi) is 7.41. The van der Waals surface area contributed by atoms with E-state index in [0.29, 0.717) is 24.7 Å². The van der Waals surface area contributed by atoms with Crippen molar-refractivity contribution < 1.29 is 39.8 Å². The second-order valence-corrected chi connectivity index (χ2v) is 17.5. The number of esters is 1. The van der Waals surface area contributed by atoms with Crippen molar-refractivity contribution in [2.45, 2.75) is 143 Å². The Morgan fingerprint density at radius 1 is 0.837 bits per heavy atom. The second kappa shape index (κ2) is 9.98. The van der Waals surface area contributed by atoms with Gasteiger partial charge in [-0.15, -0.1) is 0 Å². The molecule has 0 amide bonds. The molecule has 1 saturated heterocycles. The van der Waals surface area contributed by atoms with Gasteiger partial charge in [-0.1, -0.05) is 60.1 Å². The van der Waals surface area contributed by atoms with E-state index in [1.165, 1.54) is 5.57 Å². The molecular formula is C35H56O8. The number of ether oxygens (including phenoxy) is 2. The molecule has 5 N–H and O–H groups in total. The van der Waals surface area contributed by atoms with Gasteiger partial charge in [0, 0.05) is 0 Å². The van der Waals surface area contributed by atoms with E-state index < -0.39 is 42.1 Å². The van der Waals surface area contributed by atoms with Crippen LogP contribution in [0.4, 0.5) is 0 Å². The quantitative estimate of drug-likeness (QED) is 0.235. The lowest BCUT2D eigenvalue weighted by Crippen LogP contribution is -2.68. The van der Waals surface area contributed by atoms with E-state index in [0.717, 1.165) is 44.9 Å². The number of aliphatic hydroxyl groups excluding tert-OH is 5. The summed E-state index contributed by atoms with van der Waals surface area (Å²) in [6.45, 7) is 16.0. The molecule has 4 saturated carbocycles. The number of carbonyl (C=O) groups is 1. The van der Waals surface area contributed by atoms with Crippen molar-refractivity contribution in [3.63, 3.8) is 0 Å². The van der Waals surface area contributed by atoms with Crippen LogP contribution in [0, 0.1) is 50.2 Å². The summed E-state index contributed by atoms with van der Waals surface area (Å²) in [5.41, 5.74) is -0.392. The zero-order chi connectivity index (χ0) is 31.5. The molecule has 0 radical (unpaired) electrons. The molecule has 0 aromatic heterocycles. The first-order chi connectivity index (χ1) is 19.8. The number of hydrogen-bond donors (Lipinski definition) is 5. The predicted molar refractivity (Wildman–Crippen MR) is 160 cm³/mol. The number of carbonyl (C=O) groups excluding carboxylic acids is 1. The lowest BCUT2D eigenvalue weighted by atomic mass is 9.33. The van der Waals surface area contributed by atoms with Gasteiger partial charge < -0.3 is 35.0 Å². The van der Waals surface area contributed by atoms with Crippen molar-refractivity contribution in [2.24, 2.45) is 50.2 Å². The third kappa shape index (κ3) is 4.25. The van der Waals surface area contributed by atoms with E-state index in [1.54, 1.807) is 0 Å². The molecule has 5 fully saturated rings. The van der Waals surface area contributed by atoms with Crippen molar-refractivity contribution in [3.05, 3.63) is 11.6 Å². The third-order valence-electron chi connectivity index (χ3n) is 14.7. The van der Waals surface area contributed by atoms with Crippen LogP contribution in [0.25, 0.3) is 0 Å². The average Bonchev–Trinajstić information content (AvgIpc) is 2.91. The molecule has 1 heterocycles. The lowest BCUT2D eigenvalue weighted by molar-refractivity contribution is -0.274. The largest absolute Gasteiger partial charge is 0.432 e. The van der Waals surface area contributed by atoms with E-state index in [-0.39, 0.29) is 45.7 Å². The van der Waals surface area contributed by atoms with Gasteiger partial charge in [-0.3, -0.25) is 4.79 Å². The number of hydrogen-bond acceptors (Lipinski definition) is 8. The van der Waals surface area contributed by atoms with Crippen LogP contribution in [0.2, 0.25) is 0 Å². The van der Waals surface area contributed by atoms with Gasteiger partial charge in [0.05, 0.1) is 18.8 Å². The summed E-state index contributed by atoms with van der Waals surface area (Å²) in [6.07, 6.45) is 2.71.